The van der Waals surface area contributed by atoms with Crippen molar-refractivity contribution in [3.05, 3.63) is 72.4 Å². The van der Waals surface area contributed by atoms with Gasteiger partial charge in [-0.15, -0.1) is 0 Å². The predicted octanol–water partition coefficient (Wildman–Crippen LogP) is 5.05. The molecule has 1 aromatic heterocycles. The number of nitrogens with zero attached hydrogens (tertiary/aromatic N) is 1. The maximum absolute atomic E-state index is 5.73. The van der Waals surface area contributed by atoms with Crippen LogP contribution >= 0.6 is 12.2 Å². The maximum Gasteiger partial charge on any atom is 0.145 e. The first-order valence-corrected chi connectivity index (χ1v) is 7.64. The van der Waals surface area contributed by atoms with Crippen molar-refractivity contribution in [1.29, 1.82) is 0 Å². The lowest BCUT2D eigenvalue weighted by atomic mass is 10.0. The van der Waals surface area contributed by atoms with Gasteiger partial charge in [0.05, 0.1) is 6.20 Å². The lowest BCUT2D eigenvalue weighted by Crippen LogP contribution is -1.90. The topological polar surface area (TPSA) is 48.1 Å². The molecule has 1 heterocycles. The van der Waals surface area contributed by atoms with Crippen LogP contribution in [0.5, 0.6) is 11.5 Å². The lowest BCUT2D eigenvalue weighted by molar-refractivity contribution is 0.480. The number of thiocarbonyl (C=S) groups is 1. The third-order valence-corrected chi connectivity index (χ3v) is 3.23. The molecule has 3 nitrogen and oxygen atoms in total. The van der Waals surface area contributed by atoms with Crippen LogP contribution in [0.4, 0.5) is 5.82 Å². The number of nitrogens with two attached hydrogens (primary N) is 1. The number of aryl methyl sites for hydroxylation is 1. The zero-order valence-corrected chi connectivity index (χ0v) is 13.7. The molecular formula is C19H18N2OS. The normalized spacial score (nSPS) is 9.61. The summed E-state index contributed by atoms with van der Waals surface area (Å²) in [6.45, 7) is 2.08. The molecule has 116 valence electrons. The van der Waals surface area contributed by atoms with E-state index in [9.17, 15) is 0 Å². The van der Waals surface area contributed by atoms with Crippen molar-refractivity contribution in [3.8, 4) is 22.6 Å². The molecule has 0 amide bonds. The quantitative estimate of drug-likeness (QED) is 0.686. The molecule has 2 aromatic carbocycles. The number of pyridine rings is 1. The second kappa shape index (κ2) is 8.06. The summed E-state index contributed by atoms with van der Waals surface area (Å²) in [6.07, 6.45) is 1.61. The summed E-state index contributed by atoms with van der Waals surface area (Å²) in [6, 6.07) is 20.0. The Morgan fingerprint density at radius 2 is 1.35 bits per heavy atom. The van der Waals surface area contributed by atoms with Gasteiger partial charge in [-0.05, 0) is 48.2 Å². The van der Waals surface area contributed by atoms with Gasteiger partial charge in [-0.2, -0.15) is 0 Å². The van der Waals surface area contributed by atoms with Gasteiger partial charge >= 0.3 is 0 Å². The zero-order valence-electron chi connectivity index (χ0n) is 12.9. The highest BCUT2D eigenvalue weighted by Crippen LogP contribution is 2.25. The molecule has 0 saturated heterocycles. The largest absolute Gasteiger partial charge is 0.456 e. The molecule has 0 aliphatic heterocycles. The third kappa shape index (κ3) is 4.63. The minimum absolute atomic E-state index is 0.483. The summed E-state index contributed by atoms with van der Waals surface area (Å²) in [5, 5.41) is 0. The second-order valence-electron chi connectivity index (χ2n) is 4.91. The van der Waals surface area contributed by atoms with Gasteiger partial charge in [-0.3, -0.25) is 0 Å². The Balaban J connectivity index is 0.000000924. The molecule has 0 saturated carbocycles. The standard InChI is InChI=1S/C18H16N2O.CH2S/c1-13-2-4-14(5-3-13)15-6-8-16(9-7-15)21-17-10-11-18(19)20-12-17;1-2/h2-12H,1H3,(H2,19,20);1H2. The number of aromatic nitrogens is 1. The van der Waals surface area contributed by atoms with E-state index in [0.717, 1.165) is 11.3 Å². The van der Waals surface area contributed by atoms with Crippen molar-refractivity contribution in [2.75, 3.05) is 5.73 Å². The van der Waals surface area contributed by atoms with E-state index in [-0.39, 0.29) is 0 Å². The molecule has 23 heavy (non-hydrogen) atoms. The molecule has 0 radical (unpaired) electrons. The molecule has 0 spiro atoms. The molecule has 0 fully saturated rings. The molecule has 0 aliphatic carbocycles. The van der Waals surface area contributed by atoms with E-state index >= 15 is 0 Å². The SMILES string of the molecule is C=S.Cc1ccc(-c2ccc(Oc3ccc(N)nc3)cc2)cc1. The maximum atomic E-state index is 5.73. The number of anilines is 1. The number of ether oxygens (including phenoxy) is 1. The van der Waals surface area contributed by atoms with Gasteiger partial charge in [-0.25, -0.2) is 4.98 Å². The van der Waals surface area contributed by atoms with E-state index in [2.05, 4.69) is 54.3 Å². The smallest absolute Gasteiger partial charge is 0.145 e. The van der Waals surface area contributed by atoms with E-state index in [1.54, 1.807) is 18.3 Å². The Kier molecular flexibility index (Phi) is 5.83. The van der Waals surface area contributed by atoms with Crippen molar-refractivity contribution in [2.24, 2.45) is 0 Å². The Morgan fingerprint density at radius 1 is 0.826 bits per heavy atom. The summed E-state index contributed by atoms with van der Waals surface area (Å²) in [7, 11) is 0. The van der Waals surface area contributed by atoms with Gasteiger partial charge in [0.2, 0.25) is 0 Å². The molecule has 0 bridgehead atoms. The van der Waals surface area contributed by atoms with Gasteiger partial charge in [0.1, 0.15) is 17.3 Å². The monoisotopic (exact) mass is 322 g/mol. The molecular weight excluding hydrogens is 304 g/mol. The van der Waals surface area contributed by atoms with E-state index in [1.807, 2.05) is 24.3 Å². The Hall–Kier alpha value is -2.72. The van der Waals surface area contributed by atoms with Gasteiger partial charge in [0, 0.05) is 0 Å². The van der Waals surface area contributed by atoms with Crippen LogP contribution in [0.2, 0.25) is 0 Å². The summed E-state index contributed by atoms with van der Waals surface area (Å²) >= 11 is 3.83. The molecule has 0 unspecified atom stereocenters. The summed E-state index contributed by atoms with van der Waals surface area (Å²) in [5.74, 6) is 4.77. The first-order chi connectivity index (χ1) is 11.2. The molecule has 2 N–H and O–H groups in total. The molecule has 4 heteroatoms. The van der Waals surface area contributed by atoms with Crippen LogP contribution in [-0.4, -0.2) is 10.9 Å². The average Bonchev–Trinajstić information content (AvgIpc) is 2.60. The molecule has 0 atom stereocenters. The summed E-state index contributed by atoms with van der Waals surface area (Å²) < 4.78 is 5.73. The van der Waals surface area contributed by atoms with E-state index in [0.29, 0.717) is 11.6 Å². The van der Waals surface area contributed by atoms with E-state index < -0.39 is 0 Å². The minimum Gasteiger partial charge on any atom is -0.456 e. The first-order valence-electron chi connectivity index (χ1n) is 7.06. The highest BCUT2D eigenvalue weighted by molar-refractivity contribution is 7.77. The van der Waals surface area contributed by atoms with Crippen LogP contribution in [0.3, 0.4) is 0 Å². The Bertz CT molecular complexity index is 738. The average molecular weight is 322 g/mol. The molecule has 3 rings (SSSR count). The predicted molar refractivity (Wildman–Crippen MR) is 100 cm³/mol. The van der Waals surface area contributed by atoms with Crippen molar-refractivity contribution in [1.82, 2.24) is 4.98 Å². The van der Waals surface area contributed by atoms with Gasteiger partial charge in [0.25, 0.3) is 0 Å². The second-order valence-corrected chi connectivity index (χ2v) is 4.91. The summed E-state index contributed by atoms with van der Waals surface area (Å²) in [5.41, 5.74) is 9.17. The van der Waals surface area contributed by atoms with E-state index in [4.69, 9.17) is 10.5 Å². The van der Waals surface area contributed by atoms with Crippen molar-refractivity contribution in [3.63, 3.8) is 0 Å². The fraction of sp³-hybridized carbons (Fsp3) is 0.0526. The van der Waals surface area contributed by atoms with Crippen molar-refractivity contribution in [2.45, 2.75) is 6.92 Å². The van der Waals surface area contributed by atoms with Crippen LogP contribution in [0.1, 0.15) is 5.56 Å². The molecule has 0 aliphatic rings. The van der Waals surface area contributed by atoms with Crippen LogP contribution in [0.15, 0.2) is 66.9 Å². The van der Waals surface area contributed by atoms with Crippen LogP contribution < -0.4 is 10.5 Å². The van der Waals surface area contributed by atoms with Crippen LogP contribution in [0, 0.1) is 6.92 Å². The van der Waals surface area contributed by atoms with Gasteiger partial charge in [-0.1, -0.05) is 54.2 Å². The lowest BCUT2D eigenvalue weighted by Gasteiger charge is -2.07. The highest BCUT2D eigenvalue weighted by atomic mass is 32.1. The van der Waals surface area contributed by atoms with Crippen LogP contribution in [-0.2, 0) is 0 Å². The number of benzene rings is 2. The fourth-order valence-corrected chi connectivity index (χ4v) is 2.05. The summed E-state index contributed by atoms with van der Waals surface area (Å²) in [4.78, 5) is 4.00. The number of nitrogen functional groups attached to an aromatic ring is 1. The van der Waals surface area contributed by atoms with Crippen LogP contribution in [0.25, 0.3) is 11.1 Å². The Labute approximate surface area is 141 Å². The van der Waals surface area contributed by atoms with Gasteiger partial charge in [0.15, 0.2) is 0 Å². The fourth-order valence-electron chi connectivity index (χ4n) is 2.05. The minimum atomic E-state index is 0.483. The number of hydrogen-bond donors (Lipinski definition) is 1. The van der Waals surface area contributed by atoms with Crippen molar-refractivity contribution >= 4 is 23.9 Å². The number of rotatable bonds is 3. The third-order valence-electron chi connectivity index (χ3n) is 3.23. The number of hydrogen-bond acceptors (Lipinski definition) is 4. The molecule has 3 aromatic rings. The first kappa shape index (κ1) is 16.6. The van der Waals surface area contributed by atoms with Gasteiger partial charge < -0.3 is 10.5 Å². The highest BCUT2D eigenvalue weighted by Gasteiger charge is 2.00. The Morgan fingerprint density at radius 3 is 1.87 bits per heavy atom. The van der Waals surface area contributed by atoms with Crippen molar-refractivity contribution < 1.29 is 4.74 Å². The zero-order chi connectivity index (χ0) is 16.7. The van der Waals surface area contributed by atoms with E-state index in [1.165, 1.54) is 11.1 Å².